The smallest absolute Gasteiger partial charge is 0.258 e. The van der Waals surface area contributed by atoms with Crippen LogP contribution in [0.4, 0.5) is 0 Å². The molecule has 0 bridgehead atoms. The Morgan fingerprint density at radius 3 is 2.38 bits per heavy atom. The minimum atomic E-state index is -3.42. The molecule has 0 aliphatic carbocycles. The molecule has 0 N–H and O–H groups in total. The molecule has 1 heterocycles. The van der Waals surface area contributed by atoms with Crippen LogP contribution in [0.3, 0.4) is 0 Å². The van der Waals surface area contributed by atoms with Crippen molar-refractivity contribution in [1.29, 1.82) is 0 Å². The van der Waals surface area contributed by atoms with Gasteiger partial charge in [-0.25, -0.2) is 12.7 Å². The topological polar surface area (TPSA) is 54.5 Å². The van der Waals surface area contributed by atoms with Crippen LogP contribution in [0.1, 0.15) is 33.6 Å². The SMILES string of the molecule is CCCC(CS)CN1C(=O)C(C)(C)S1(=O)=O. The van der Waals surface area contributed by atoms with Crippen molar-refractivity contribution in [2.45, 2.75) is 38.4 Å². The summed E-state index contributed by atoms with van der Waals surface area (Å²) in [5, 5.41) is 0. The molecule has 0 saturated carbocycles. The molecule has 0 aromatic rings. The lowest BCUT2D eigenvalue weighted by Crippen LogP contribution is -2.68. The molecule has 1 aliphatic rings. The molecular weight excluding hydrogens is 246 g/mol. The lowest BCUT2D eigenvalue weighted by Gasteiger charge is -2.44. The quantitative estimate of drug-likeness (QED) is 0.762. The normalized spacial score (nSPS) is 24.0. The van der Waals surface area contributed by atoms with Crippen LogP contribution in [0.2, 0.25) is 0 Å². The molecule has 1 atom stereocenters. The van der Waals surface area contributed by atoms with Gasteiger partial charge in [-0.05, 0) is 31.9 Å². The molecule has 0 aromatic carbocycles. The molecule has 1 aliphatic heterocycles. The van der Waals surface area contributed by atoms with Crippen LogP contribution in [-0.4, -0.2) is 35.7 Å². The summed E-state index contributed by atoms with van der Waals surface area (Å²) in [6, 6.07) is 0. The van der Waals surface area contributed by atoms with E-state index in [-0.39, 0.29) is 18.4 Å². The van der Waals surface area contributed by atoms with Crippen LogP contribution in [-0.2, 0) is 14.8 Å². The van der Waals surface area contributed by atoms with Crippen molar-refractivity contribution in [2.75, 3.05) is 12.3 Å². The second kappa shape index (κ2) is 4.56. The summed E-state index contributed by atoms with van der Waals surface area (Å²) >= 11 is 4.18. The van der Waals surface area contributed by atoms with Gasteiger partial charge in [0.15, 0.2) is 4.75 Å². The average molecular weight is 265 g/mol. The van der Waals surface area contributed by atoms with E-state index in [1.807, 2.05) is 6.92 Å². The molecule has 0 aromatic heterocycles. The van der Waals surface area contributed by atoms with E-state index in [4.69, 9.17) is 0 Å². The first kappa shape index (κ1) is 13.8. The van der Waals surface area contributed by atoms with Crippen molar-refractivity contribution in [3.8, 4) is 0 Å². The van der Waals surface area contributed by atoms with Gasteiger partial charge in [-0.2, -0.15) is 12.6 Å². The molecule has 16 heavy (non-hydrogen) atoms. The van der Waals surface area contributed by atoms with E-state index < -0.39 is 14.8 Å². The summed E-state index contributed by atoms with van der Waals surface area (Å²) in [6.07, 6.45) is 1.86. The molecular formula is C10H19NO3S2. The van der Waals surface area contributed by atoms with E-state index in [9.17, 15) is 13.2 Å². The Labute approximate surface area is 103 Å². The zero-order valence-electron chi connectivity index (χ0n) is 9.93. The number of amides is 1. The van der Waals surface area contributed by atoms with Crippen LogP contribution in [0, 0.1) is 5.92 Å². The number of carbonyl (C=O) groups is 1. The number of rotatable bonds is 5. The minimum Gasteiger partial charge on any atom is -0.272 e. The highest BCUT2D eigenvalue weighted by molar-refractivity contribution is 7.94. The lowest BCUT2D eigenvalue weighted by molar-refractivity contribution is -0.132. The molecule has 4 nitrogen and oxygen atoms in total. The summed E-state index contributed by atoms with van der Waals surface area (Å²) in [5.74, 6) is 0.464. The number of hydrogen-bond acceptors (Lipinski definition) is 4. The van der Waals surface area contributed by atoms with Gasteiger partial charge in [0.25, 0.3) is 15.9 Å². The molecule has 1 unspecified atom stereocenters. The molecule has 1 saturated heterocycles. The highest BCUT2D eigenvalue weighted by Gasteiger charge is 2.60. The Morgan fingerprint density at radius 1 is 1.44 bits per heavy atom. The van der Waals surface area contributed by atoms with Crippen molar-refractivity contribution in [1.82, 2.24) is 4.31 Å². The first-order valence-electron chi connectivity index (χ1n) is 5.46. The number of nitrogens with zero attached hydrogens (tertiary/aromatic N) is 1. The Kier molecular flexibility index (Phi) is 3.95. The van der Waals surface area contributed by atoms with E-state index in [0.717, 1.165) is 17.1 Å². The van der Waals surface area contributed by atoms with Gasteiger partial charge >= 0.3 is 0 Å². The molecule has 94 valence electrons. The first-order valence-corrected chi connectivity index (χ1v) is 7.53. The third-order valence-electron chi connectivity index (χ3n) is 3.06. The second-order valence-electron chi connectivity index (χ2n) is 4.69. The van der Waals surface area contributed by atoms with Gasteiger partial charge in [-0.3, -0.25) is 4.79 Å². The lowest BCUT2D eigenvalue weighted by atomic mass is 10.1. The van der Waals surface area contributed by atoms with E-state index in [1.54, 1.807) is 0 Å². The third kappa shape index (κ3) is 1.97. The van der Waals surface area contributed by atoms with E-state index in [2.05, 4.69) is 12.6 Å². The number of thiol groups is 1. The van der Waals surface area contributed by atoms with Gasteiger partial charge < -0.3 is 0 Å². The van der Waals surface area contributed by atoms with E-state index in [1.165, 1.54) is 13.8 Å². The first-order chi connectivity index (χ1) is 7.29. The average Bonchev–Trinajstić information content (AvgIpc) is 2.22. The third-order valence-corrected chi connectivity index (χ3v) is 5.93. The maximum atomic E-state index is 11.8. The summed E-state index contributed by atoms with van der Waals surface area (Å²) in [4.78, 5) is 11.7. The van der Waals surface area contributed by atoms with Gasteiger partial charge in [-0.1, -0.05) is 13.3 Å². The molecule has 1 amide bonds. The van der Waals surface area contributed by atoms with Crippen molar-refractivity contribution in [3.05, 3.63) is 0 Å². The Balaban J connectivity index is 2.74. The summed E-state index contributed by atoms with van der Waals surface area (Å²) < 4.78 is 23.4. The fourth-order valence-corrected chi connectivity index (χ4v) is 3.72. The molecule has 0 spiro atoms. The zero-order valence-corrected chi connectivity index (χ0v) is 11.6. The predicted molar refractivity (Wildman–Crippen MR) is 67.0 cm³/mol. The fourth-order valence-electron chi connectivity index (χ4n) is 1.82. The van der Waals surface area contributed by atoms with Gasteiger partial charge in [0.05, 0.1) is 0 Å². The standard InChI is InChI=1S/C10H19NO3S2/c1-4-5-8(7-15)6-11-9(12)10(2,3)16(11,13)14/h8,15H,4-7H2,1-3H3. The van der Waals surface area contributed by atoms with E-state index >= 15 is 0 Å². The fraction of sp³-hybridized carbons (Fsp3) is 0.900. The number of hydrogen-bond donors (Lipinski definition) is 1. The van der Waals surface area contributed by atoms with Gasteiger partial charge in [0, 0.05) is 6.54 Å². The molecule has 0 radical (unpaired) electrons. The number of carbonyl (C=O) groups excluding carboxylic acids is 1. The predicted octanol–water partition coefficient (Wildman–Crippen LogP) is 1.28. The highest BCUT2D eigenvalue weighted by Crippen LogP contribution is 2.35. The minimum absolute atomic E-state index is 0.156. The van der Waals surface area contributed by atoms with Crippen molar-refractivity contribution < 1.29 is 13.2 Å². The van der Waals surface area contributed by atoms with Crippen LogP contribution in [0.5, 0.6) is 0 Å². The van der Waals surface area contributed by atoms with Gasteiger partial charge in [-0.15, -0.1) is 0 Å². The van der Waals surface area contributed by atoms with E-state index in [0.29, 0.717) is 5.75 Å². The molecule has 6 heteroatoms. The van der Waals surface area contributed by atoms with Crippen LogP contribution in [0.15, 0.2) is 0 Å². The maximum Gasteiger partial charge on any atom is 0.258 e. The van der Waals surface area contributed by atoms with Crippen molar-refractivity contribution >= 4 is 28.6 Å². The summed E-state index contributed by atoms with van der Waals surface area (Å²) in [5.41, 5.74) is 0. The van der Waals surface area contributed by atoms with Gasteiger partial charge in [0.2, 0.25) is 0 Å². The van der Waals surface area contributed by atoms with Crippen LogP contribution < -0.4 is 0 Å². The summed E-state index contributed by atoms with van der Waals surface area (Å²) in [6.45, 7) is 5.22. The van der Waals surface area contributed by atoms with Gasteiger partial charge in [0.1, 0.15) is 0 Å². The maximum absolute atomic E-state index is 11.8. The highest BCUT2D eigenvalue weighted by atomic mass is 32.2. The Bertz CT molecular complexity index is 376. The Morgan fingerprint density at radius 2 is 2.00 bits per heavy atom. The number of sulfonamides is 1. The van der Waals surface area contributed by atoms with Crippen LogP contribution in [0.25, 0.3) is 0 Å². The molecule has 1 rings (SSSR count). The summed E-state index contributed by atoms with van der Waals surface area (Å²) in [7, 11) is -3.42. The Hall–Kier alpha value is -0.230. The molecule has 1 fully saturated rings. The monoisotopic (exact) mass is 265 g/mol. The van der Waals surface area contributed by atoms with Crippen molar-refractivity contribution in [2.24, 2.45) is 5.92 Å². The second-order valence-corrected chi connectivity index (χ2v) is 7.47. The van der Waals surface area contributed by atoms with Crippen molar-refractivity contribution in [3.63, 3.8) is 0 Å². The largest absolute Gasteiger partial charge is 0.272 e. The van der Waals surface area contributed by atoms with Crippen LogP contribution >= 0.6 is 12.6 Å². The zero-order chi connectivity index (χ0) is 12.6.